The van der Waals surface area contributed by atoms with Gasteiger partial charge in [-0.05, 0) is 6.92 Å². The number of rotatable bonds is 2. The van der Waals surface area contributed by atoms with E-state index in [1.807, 2.05) is 6.92 Å². The Labute approximate surface area is 103 Å². The monoisotopic (exact) mass is 274 g/mol. The summed E-state index contributed by atoms with van der Waals surface area (Å²) < 4.78 is 43.8. The third-order valence-corrected chi connectivity index (χ3v) is 2.63. The molecule has 1 aliphatic rings. The summed E-state index contributed by atoms with van der Waals surface area (Å²) >= 11 is 0. The SMILES string of the molecule is CC(CF)[NH+]1CCCNCC1.O=C([O-])C(F)(F)F. The Kier molecular flexibility index (Phi) is 7.85. The molecule has 0 aromatic rings. The highest BCUT2D eigenvalue weighted by Crippen LogP contribution is 2.11. The van der Waals surface area contributed by atoms with Gasteiger partial charge in [0, 0.05) is 19.5 Å². The fourth-order valence-corrected chi connectivity index (χ4v) is 1.54. The first-order chi connectivity index (χ1) is 8.29. The summed E-state index contributed by atoms with van der Waals surface area (Å²) in [5.74, 6) is -3.01. The van der Waals surface area contributed by atoms with E-state index in [2.05, 4.69) is 5.32 Å². The lowest BCUT2D eigenvalue weighted by molar-refractivity contribution is -0.921. The first-order valence-corrected chi connectivity index (χ1v) is 5.68. The van der Waals surface area contributed by atoms with E-state index in [9.17, 15) is 17.6 Å². The molecule has 2 unspecified atom stereocenters. The molecule has 0 aliphatic carbocycles. The molecule has 1 heterocycles. The van der Waals surface area contributed by atoms with E-state index in [1.54, 1.807) is 0 Å². The zero-order chi connectivity index (χ0) is 14.2. The second-order valence-corrected chi connectivity index (χ2v) is 4.10. The molecule has 8 heteroatoms. The lowest BCUT2D eigenvalue weighted by Gasteiger charge is -2.21. The maximum Gasteiger partial charge on any atom is 0.430 e. The number of halogens is 4. The second kappa shape index (κ2) is 8.25. The highest BCUT2D eigenvalue weighted by atomic mass is 19.4. The minimum atomic E-state index is -5.19. The molecule has 0 saturated carbocycles. The fourth-order valence-electron chi connectivity index (χ4n) is 1.54. The van der Waals surface area contributed by atoms with E-state index in [-0.39, 0.29) is 12.7 Å². The molecule has 2 N–H and O–H groups in total. The minimum absolute atomic E-state index is 0.185. The number of carbonyl (C=O) groups is 1. The lowest BCUT2D eigenvalue weighted by atomic mass is 10.3. The van der Waals surface area contributed by atoms with Crippen LogP contribution in [0.1, 0.15) is 13.3 Å². The first-order valence-electron chi connectivity index (χ1n) is 5.68. The number of alkyl halides is 4. The van der Waals surface area contributed by atoms with Crippen molar-refractivity contribution in [3.8, 4) is 0 Å². The molecule has 1 saturated heterocycles. The van der Waals surface area contributed by atoms with E-state index < -0.39 is 12.1 Å². The molecule has 0 radical (unpaired) electrons. The van der Waals surface area contributed by atoms with Crippen molar-refractivity contribution in [3.05, 3.63) is 0 Å². The van der Waals surface area contributed by atoms with Crippen LogP contribution in [0.5, 0.6) is 0 Å². The molecule has 18 heavy (non-hydrogen) atoms. The number of carboxylic acid groups (broad SMARTS) is 1. The van der Waals surface area contributed by atoms with Crippen LogP contribution in [0, 0.1) is 0 Å². The van der Waals surface area contributed by atoms with Crippen LogP contribution in [0.2, 0.25) is 0 Å². The highest BCUT2D eigenvalue weighted by molar-refractivity contribution is 5.70. The van der Waals surface area contributed by atoms with Gasteiger partial charge in [0.1, 0.15) is 18.7 Å². The van der Waals surface area contributed by atoms with Crippen molar-refractivity contribution < 1.29 is 32.4 Å². The smallest absolute Gasteiger partial charge is 0.430 e. The van der Waals surface area contributed by atoms with Crippen molar-refractivity contribution in [2.24, 2.45) is 0 Å². The third-order valence-electron chi connectivity index (χ3n) is 2.63. The number of carbonyl (C=O) groups excluding carboxylic acids is 1. The van der Waals surface area contributed by atoms with E-state index in [0.29, 0.717) is 0 Å². The van der Waals surface area contributed by atoms with Crippen LogP contribution in [-0.4, -0.2) is 51.0 Å². The molecule has 0 amide bonds. The maximum atomic E-state index is 12.3. The predicted molar refractivity (Wildman–Crippen MR) is 54.7 cm³/mol. The van der Waals surface area contributed by atoms with Crippen LogP contribution in [0.15, 0.2) is 0 Å². The topological polar surface area (TPSA) is 56.6 Å². The normalized spacial score (nSPS) is 22.4. The molecule has 0 spiro atoms. The average molecular weight is 274 g/mol. The van der Waals surface area contributed by atoms with Gasteiger partial charge in [-0.15, -0.1) is 0 Å². The van der Waals surface area contributed by atoms with Gasteiger partial charge in [-0.3, -0.25) is 0 Å². The summed E-state index contributed by atoms with van der Waals surface area (Å²) in [5.41, 5.74) is 0. The Bertz CT molecular complexity index is 241. The van der Waals surface area contributed by atoms with E-state index in [4.69, 9.17) is 9.90 Å². The molecular weight excluding hydrogens is 256 g/mol. The maximum absolute atomic E-state index is 12.3. The van der Waals surface area contributed by atoms with E-state index in [1.165, 1.54) is 11.3 Å². The molecule has 4 nitrogen and oxygen atoms in total. The molecule has 108 valence electrons. The van der Waals surface area contributed by atoms with Gasteiger partial charge in [-0.25, -0.2) is 4.39 Å². The largest absolute Gasteiger partial charge is 0.542 e. The molecule has 1 fully saturated rings. The van der Waals surface area contributed by atoms with Gasteiger partial charge in [0.05, 0.1) is 13.1 Å². The summed E-state index contributed by atoms with van der Waals surface area (Å²) in [5, 5.41) is 12.1. The van der Waals surface area contributed by atoms with Crippen LogP contribution in [-0.2, 0) is 4.79 Å². The first kappa shape index (κ1) is 17.1. The number of hydrogen-bond acceptors (Lipinski definition) is 3. The molecule has 0 aromatic heterocycles. The molecule has 0 bridgehead atoms. The lowest BCUT2D eigenvalue weighted by Crippen LogP contribution is -3.16. The number of quaternary nitrogens is 1. The van der Waals surface area contributed by atoms with Crippen molar-refractivity contribution in [1.29, 1.82) is 0 Å². The number of nitrogens with one attached hydrogen (secondary N) is 2. The van der Waals surface area contributed by atoms with Gasteiger partial charge in [0.15, 0.2) is 0 Å². The zero-order valence-electron chi connectivity index (χ0n) is 10.1. The van der Waals surface area contributed by atoms with Crippen molar-refractivity contribution in [1.82, 2.24) is 5.32 Å². The third kappa shape index (κ3) is 7.44. The van der Waals surface area contributed by atoms with Crippen LogP contribution < -0.4 is 15.3 Å². The molecule has 1 aliphatic heterocycles. The number of carboxylic acids is 1. The van der Waals surface area contributed by atoms with Gasteiger partial charge in [0.2, 0.25) is 0 Å². The predicted octanol–water partition coefficient (Wildman–Crippen LogP) is -1.48. The van der Waals surface area contributed by atoms with Crippen LogP contribution in [0.4, 0.5) is 17.6 Å². The summed E-state index contributed by atoms with van der Waals surface area (Å²) in [6, 6.07) is 0.190. The molecule has 2 atom stereocenters. The van der Waals surface area contributed by atoms with Gasteiger partial charge in [0.25, 0.3) is 0 Å². The Hall–Kier alpha value is -0.890. The van der Waals surface area contributed by atoms with Crippen molar-refractivity contribution in [2.75, 3.05) is 32.9 Å². The van der Waals surface area contributed by atoms with Crippen molar-refractivity contribution in [3.63, 3.8) is 0 Å². The summed E-state index contributed by atoms with van der Waals surface area (Å²) in [6.45, 7) is 6.14. The van der Waals surface area contributed by atoms with Crippen molar-refractivity contribution >= 4 is 5.97 Å². The molecule has 0 aromatic carbocycles. The van der Waals surface area contributed by atoms with Crippen LogP contribution in [0.25, 0.3) is 0 Å². The Morgan fingerprint density at radius 3 is 2.39 bits per heavy atom. The second-order valence-electron chi connectivity index (χ2n) is 4.10. The van der Waals surface area contributed by atoms with E-state index in [0.717, 1.165) is 26.2 Å². The average Bonchev–Trinajstić information content (AvgIpc) is 2.56. The van der Waals surface area contributed by atoms with Crippen molar-refractivity contribution in [2.45, 2.75) is 25.6 Å². The molecular formula is C10H18F4N2O2. The number of aliphatic carboxylic acids is 1. The van der Waals surface area contributed by atoms with Crippen LogP contribution >= 0.6 is 0 Å². The summed E-state index contributed by atoms with van der Waals surface area (Å²) in [4.78, 5) is 10.2. The standard InChI is InChI=1S/C8H17FN2.C2HF3O2/c1-8(7-9)11-5-2-3-10-4-6-11;3-2(4,5)1(6)7/h8,10H,2-7H2,1H3;(H,6,7). The Morgan fingerprint density at radius 1 is 1.39 bits per heavy atom. The van der Waals surface area contributed by atoms with Crippen LogP contribution in [0.3, 0.4) is 0 Å². The highest BCUT2D eigenvalue weighted by Gasteiger charge is 2.28. The van der Waals surface area contributed by atoms with Gasteiger partial charge >= 0.3 is 6.18 Å². The minimum Gasteiger partial charge on any atom is -0.542 e. The zero-order valence-corrected chi connectivity index (χ0v) is 10.1. The van der Waals surface area contributed by atoms with Gasteiger partial charge in [-0.2, -0.15) is 13.2 Å². The quantitative estimate of drug-likeness (QED) is 0.604. The summed E-state index contributed by atoms with van der Waals surface area (Å²) in [6.07, 6.45) is -4.01. The summed E-state index contributed by atoms with van der Waals surface area (Å²) in [7, 11) is 0. The van der Waals surface area contributed by atoms with Gasteiger partial charge < -0.3 is 20.1 Å². The Balaban J connectivity index is 0.000000360. The fraction of sp³-hybridized carbons (Fsp3) is 0.900. The van der Waals surface area contributed by atoms with E-state index >= 15 is 0 Å². The Morgan fingerprint density at radius 2 is 1.94 bits per heavy atom. The number of hydrogen-bond donors (Lipinski definition) is 2. The van der Waals surface area contributed by atoms with Gasteiger partial charge in [-0.1, -0.05) is 0 Å². The molecule has 1 rings (SSSR count).